The van der Waals surface area contributed by atoms with Crippen LogP contribution in [0, 0.1) is 0 Å². The number of hydrogen-bond acceptors (Lipinski definition) is 6. The Morgan fingerprint density at radius 3 is 2.66 bits per heavy atom. The number of furan rings is 1. The minimum absolute atomic E-state index is 0.183. The number of carbonyl (C=O) groups is 1. The van der Waals surface area contributed by atoms with Gasteiger partial charge < -0.3 is 19.5 Å². The van der Waals surface area contributed by atoms with Crippen molar-refractivity contribution in [3.05, 3.63) is 68.8 Å². The molecule has 0 bridgehead atoms. The van der Waals surface area contributed by atoms with E-state index in [1.807, 2.05) is 12.1 Å². The fourth-order valence-corrected chi connectivity index (χ4v) is 3.31. The van der Waals surface area contributed by atoms with Crippen LogP contribution < -0.4 is 16.6 Å². The number of aromatic amines is 1. The number of carbonyl (C=O) groups excluding carboxylic acids is 1. The first kappa shape index (κ1) is 19.2. The third-order valence-corrected chi connectivity index (χ3v) is 4.85. The average molecular weight is 398 g/mol. The van der Waals surface area contributed by atoms with Crippen molar-refractivity contribution in [2.45, 2.75) is 19.6 Å². The molecule has 9 nitrogen and oxygen atoms in total. The molecule has 3 heterocycles. The number of nitrogens with one attached hydrogen (secondary N) is 2. The zero-order valence-corrected chi connectivity index (χ0v) is 15.8. The van der Waals surface area contributed by atoms with Gasteiger partial charge in [-0.15, -0.1) is 0 Å². The van der Waals surface area contributed by atoms with Crippen LogP contribution in [0.15, 0.2) is 50.4 Å². The van der Waals surface area contributed by atoms with Gasteiger partial charge in [-0.1, -0.05) is 12.1 Å². The van der Waals surface area contributed by atoms with E-state index < -0.39 is 17.2 Å². The molecule has 0 radical (unpaired) electrons. The predicted octanol–water partition coefficient (Wildman–Crippen LogP) is 0.431. The highest BCUT2D eigenvalue weighted by molar-refractivity contribution is 5.78. The van der Waals surface area contributed by atoms with E-state index in [0.717, 1.165) is 36.6 Å². The maximum absolute atomic E-state index is 12.5. The van der Waals surface area contributed by atoms with Crippen molar-refractivity contribution in [3.63, 3.8) is 0 Å². The number of aromatic nitrogens is 2. The number of para-hydroxylation sites is 1. The molecule has 2 N–H and O–H groups in total. The number of rotatable bonds is 6. The van der Waals surface area contributed by atoms with Crippen LogP contribution in [0.3, 0.4) is 0 Å². The van der Waals surface area contributed by atoms with Crippen LogP contribution in [0.5, 0.6) is 0 Å². The van der Waals surface area contributed by atoms with E-state index in [-0.39, 0.29) is 13.1 Å². The van der Waals surface area contributed by atoms with E-state index in [9.17, 15) is 14.4 Å². The quantitative estimate of drug-likeness (QED) is 0.623. The highest BCUT2D eigenvalue weighted by Gasteiger charge is 2.14. The molecule has 1 aromatic carbocycles. The summed E-state index contributed by atoms with van der Waals surface area (Å²) >= 11 is 0. The molecular formula is C20H22N4O5. The Morgan fingerprint density at radius 2 is 1.83 bits per heavy atom. The number of hydrogen-bond donors (Lipinski definition) is 2. The van der Waals surface area contributed by atoms with E-state index in [1.54, 1.807) is 24.3 Å². The van der Waals surface area contributed by atoms with E-state index in [2.05, 4.69) is 15.2 Å². The first-order valence-electron chi connectivity index (χ1n) is 9.46. The summed E-state index contributed by atoms with van der Waals surface area (Å²) in [7, 11) is 0. The standard InChI is InChI=1S/C20H22N4O5/c25-18(13-24-19(26)16-3-1-2-4-17(16)22-20(24)27)21-11-14-5-6-15(29-14)12-23-7-9-28-10-8-23/h1-6H,7-13H2,(H,21,25)(H,22,27). The second kappa shape index (κ2) is 8.46. The van der Waals surface area contributed by atoms with Gasteiger partial charge in [-0.25, -0.2) is 4.79 Å². The number of morpholine rings is 1. The number of H-pyrrole nitrogens is 1. The van der Waals surface area contributed by atoms with Gasteiger partial charge in [0.05, 0.1) is 37.2 Å². The minimum Gasteiger partial charge on any atom is -0.463 e. The second-order valence-electron chi connectivity index (χ2n) is 6.90. The second-order valence-corrected chi connectivity index (χ2v) is 6.90. The maximum Gasteiger partial charge on any atom is 0.329 e. The summed E-state index contributed by atoms with van der Waals surface area (Å²) in [6.45, 7) is 3.68. The van der Waals surface area contributed by atoms with Crippen molar-refractivity contribution in [2.75, 3.05) is 26.3 Å². The Balaban J connectivity index is 1.37. The van der Waals surface area contributed by atoms with Crippen LogP contribution in [-0.4, -0.2) is 46.7 Å². The van der Waals surface area contributed by atoms with Crippen LogP contribution in [0.1, 0.15) is 11.5 Å². The zero-order chi connectivity index (χ0) is 20.2. The third-order valence-electron chi connectivity index (χ3n) is 4.85. The first-order valence-corrected chi connectivity index (χ1v) is 9.46. The Kier molecular flexibility index (Phi) is 5.59. The molecule has 1 saturated heterocycles. The van der Waals surface area contributed by atoms with Crippen LogP contribution in [-0.2, 0) is 29.2 Å². The summed E-state index contributed by atoms with van der Waals surface area (Å²) < 4.78 is 12.0. The van der Waals surface area contributed by atoms with Gasteiger partial charge in [0.15, 0.2) is 0 Å². The Hall–Kier alpha value is -3.17. The lowest BCUT2D eigenvalue weighted by atomic mass is 10.2. The number of benzene rings is 1. The van der Waals surface area contributed by atoms with Gasteiger partial charge in [0, 0.05) is 13.1 Å². The van der Waals surface area contributed by atoms with Gasteiger partial charge in [0.25, 0.3) is 5.56 Å². The molecule has 0 spiro atoms. The van der Waals surface area contributed by atoms with Gasteiger partial charge >= 0.3 is 5.69 Å². The smallest absolute Gasteiger partial charge is 0.329 e. The van der Waals surface area contributed by atoms with Crippen LogP contribution in [0.25, 0.3) is 10.9 Å². The summed E-state index contributed by atoms with van der Waals surface area (Å²) in [5, 5.41) is 3.05. The summed E-state index contributed by atoms with van der Waals surface area (Å²) in [4.78, 5) is 41.8. The molecule has 1 aliphatic heterocycles. The normalized spacial score (nSPS) is 14.9. The zero-order valence-electron chi connectivity index (χ0n) is 15.8. The number of nitrogens with zero attached hydrogens (tertiary/aromatic N) is 2. The molecule has 0 unspecified atom stereocenters. The Labute approximate surface area is 165 Å². The molecular weight excluding hydrogens is 376 g/mol. The summed E-state index contributed by atoms with van der Waals surface area (Å²) in [5.74, 6) is 0.985. The fraction of sp³-hybridized carbons (Fsp3) is 0.350. The lowest BCUT2D eigenvalue weighted by molar-refractivity contribution is -0.122. The molecule has 0 aliphatic carbocycles. The molecule has 29 heavy (non-hydrogen) atoms. The van der Waals surface area contributed by atoms with Gasteiger partial charge in [-0.05, 0) is 24.3 Å². The summed E-state index contributed by atoms with van der Waals surface area (Å²) in [6.07, 6.45) is 0. The van der Waals surface area contributed by atoms with Crippen molar-refractivity contribution in [1.82, 2.24) is 19.8 Å². The van der Waals surface area contributed by atoms with E-state index >= 15 is 0 Å². The van der Waals surface area contributed by atoms with Crippen LogP contribution in [0.4, 0.5) is 0 Å². The van der Waals surface area contributed by atoms with Crippen molar-refractivity contribution in [2.24, 2.45) is 0 Å². The third kappa shape index (κ3) is 4.47. The van der Waals surface area contributed by atoms with Crippen LogP contribution in [0.2, 0.25) is 0 Å². The lowest BCUT2D eigenvalue weighted by Crippen LogP contribution is -2.40. The monoisotopic (exact) mass is 398 g/mol. The molecule has 1 fully saturated rings. The lowest BCUT2D eigenvalue weighted by Gasteiger charge is -2.25. The topological polar surface area (TPSA) is 110 Å². The SMILES string of the molecule is O=C(Cn1c(=O)[nH]c2ccccc2c1=O)NCc1ccc(CN2CCOCC2)o1. The Bertz CT molecular complexity index is 1120. The fourth-order valence-electron chi connectivity index (χ4n) is 3.31. The molecule has 4 rings (SSSR count). The van der Waals surface area contributed by atoms with E-state index in [0.29, 0.717) is 23.2 Å². The highest BCUT2D eigenvalue weighted by atomic mass is 16.5. The van der Waals surface area contributed by atoms with E-state index in [1.165, 1.54) is 0 Å². The predicted molar refractivity (Wildman–Crippen MR) is 105 cm³/mol. The van der Waals surface area contributed by atoms with Gasteiger partial charge in [0.2, 0.25) is 5.91 Å². The summed E-state index contributed by atoms with van der Waals surface area (Å²) in [5.41, 5.74) is -0.664. The molecule has 152 valence electrons. The molecule has 2 aromatic heterocycles. The number of amides is 1. The number of fused-ring (bicyclic) bond motifs is 1. The molecule has 0 atom stereocenters. The highest BCUT2D eigenvalue weighted by Crippen LogP contribution is 2.11. The van der Waals surface area contributed by atoms with Gasteiger partial charge in [0.1, 0.15) is 18.1 Å². The molecule has 1 amide bonds. The van der Waals surface area contributed by atoms with Gasteiger partial charge in [-0.3, -0.25) is 19.1 Å². The summed E-state index contributed by atoms with van der Waals surface area (Å²) in [6, 6.07) is 10.4. The Morgan fingerprint density at radius 1 is 1.07 bits per heavy atom. The van der Waals surface area contributed by atoms with Crippen molar-refractivity contribution >= 4 is 16.8 Å². The minimum atomic E-state index is -0.616. The molecule has 1 aliphatic rings. The molecule has 3 aromatic rings. The van der Waals surface area contributed by atoms with Crippen molar-refractivity contribution in [3.8, 4) is 0 Å². The molecule has 0 saturated carbocycles. The molecule has 9 heteroatoms. The van der Waals surface area contributed by atoms with E-state index in [4.69, 9.17) is 9.15 Å². The van der Waals surface area contributed by atoms with Crippen LogP contribution >= 0.6 is 0 Å². The van der Waals surface area contributed by atoms with Gasteiger partial charge in [-0.2, -0.15) is 0 Å². The van der Waals surface area contributed by atoms with Crippen molar-refractivity contribution in [1.29, 1.82) is 0 Å². The average Bonchev–Trinajstić information content (AvgIpc) is 3.17. The first-order chi connectivity index (χ1) is 14.1. The largest absolute Gasteiger partial charge is 0.463 e. The maximum atomic E-state index is 12.5. The number of ether oxygens (including phenoxy) is 1. The van der Waals surface area contributed by atoms with Crippen molar-refractivity contribution < 1.29 is 13.9 Å².